The fourth-order valence-electron chi connectivity index (χ4n) is 3.39. The van der Waals surface area contributed by atoms with Gasteiger partial charge in [-0.15, -0.1) is 0 Å². The first-order valence-corrected chi connectivity index (χ1v) is 9.41. The Kier molecular flexibility index (Phi) is 5.05. The van der Waals surface area contributed by atoms with Crippen molar-refractivity contribution >= 4 is 5.91 Å². The van der Waals surface area contributed by atoms with Gasteiger partial charge in [-0.3, -0.25) is 4.79 Å². The zero-order chi connectivity index (χ0) is 18.6. The van der Waals surface area contributed by atoms with Gasteiger partial charge in [-0.1, -0.05) is 42.5 Å². The number of amides is 1. The summed E-state index contributed by atoms with van der Waals surface area (Å²) in [5.74, 6) is -0.166. The lowest BCUT2D eigenvalue weighted by atomic mass is 10.1. The molecule has 0 aliphatic heterocycles. The fraction of sp³-hybridized carbons (Fsp3) is 0.261. The van der Waals surface area contributed by atoms with E-state index in [1.54, 1.807) is 12.1 Å². The van der Waals surface area contributed by atoms with Crippen molar-refractivity contribution in [3.8, 4) is 0 Å². The van der Waals surface area contributed by atoms with Gasteiger partial charge in [-0.2, -0.15) is 0 Å². The number of hydrogen-bond acceptors (Lipinski definition) is 1. The molecule has 4 rings (SSSR count). The zero-order valence-corrected chi connectivity index (χ0v) is 15.2. The van der Waals surface area contributed by atoms with Crippen LogP contribution in [0.1, 0.15) is 29.7 Å². The quantitative estimate of drug-likeness (QED) is 0.611. The van der Waals surface area contributed by atoms with Gasteiger partial charge in [0.1, 0.15) is 5.82 Å². The molecule has 138 valence electrons. The van der Waals surface area contributed by atoms with Gasteiger partial charge in [0.25, 0.3) is 0 Å². The molecule has 4 heteroatoms. The van der Waals surface area contributed by atoms with E-state index < -0.39 is 0 Å². The van der Waals surface area contributed by atoms with Crippen molar-refractivity contribution in [2.45, 2.75) is 38.4 Å². The van der Waals surface area contributed by atoms with Gasteiger partial charge < -0.3 is 9.47 Å². The first-order valence-electron chi connectivity index (χ1n) is 9.41. The maximum absolute atomic E-state index is 13.1. The number of carbonyl (C=O) groups is 1. The van der Waals surface area contributed by atoms with Crippen LogP contribution in [-0.4, -0.2) is 21.4 Å². The van der Waals surface area contributed by atoms with Gasteiger partial charge in [0.05, 0.1) is 13.0 Å². The van der Waals surface area contributed by atoms with Gasteiger partial charge >= 0.3 is 0 Å². The molecule has 0 N–H and O–H groups in total. The molecule has 3 nitrogen and oxygen atoms in total. The van der Waals surface area contributed by atoms with E-state index in [-0.39, 0.29) is 11.7 Å². The number of hydrogen-bond donors (Lipinski definition) is 0. The predicted molar refractivity (Wildman–Crippen MR) is 104 cm³/mol. The summed E-state index contributed by atoms with van der Waals surface area (Å²) in [5, 5.41) is 0. The molecule has 0 saturated heterocycles. The largest absolute Gasteiger partial charge is 0.345 e. The Balaban J connectivity index is 1.47. The van der Waals surface area contributed by atoms with E-state index in [2.05, 4.69) is 29.0 Å². The van der Waals surface area contributed by atoms with Crippen LogP contribution in [0.3, 0.4) is 0 Å². The summed E-state index contributed by atoms with van der Waals surface area (Å²) < 4.78 is 15.3. The van der Waals surface area contributed by atoms with E-state index in [1.165, 1.54) is 17.7 Å². The molecule has 1 saturated carbocycles. The molecule has 0 atom stereocenters. The molecule has 1 aromatic heterocycles. The van der Waals surface area contributed by atoms with Crippen LogP contribution >= 0.6 is 0 Å². The fourth-order valence-corrected chi connectivity index (χ4v) is 3.39. The van der Waals surface area contributed by atoms with Gasteiger partial charge in [0.15, 0.2) is 0 Å². The van der Waals surface area contributed by atoms with Crippen molar-refractivity contribution in [2.24, 2.45) is 0 Å². The summed E-state index contributed by atoms with van der Waals surface area (Å²) in [6.45, 7) is 1.42. The Hall–Kier alpha value is -2.88. The van der Waals surface area contributed by atoms with Crippen LogP contribution in [0.25, 0.3) is 0 Å². The summed E-state index contributed by atoms with van der Waals surface area (Å²) in [6, 6.07) is 21.0. The standard InChI is InChI=1S/C23H23FN2O/c24-20-10-8-18(9-11-20)15-23(27)26(21-12-13-21)17-22-7-4-14-25(22)16-19-5-2-1-3-6-19/h1-11,14,21H,12-13,15-17H2. The number of carbonyl (C=O) groups excluding carboxylic acids is 1. The maximum Gasteiger partial charge on any atom is 0.227 e. The van der Waals surface area contributed by atoms with Crippen LogP contribution in [0.5, 0.6) is 0 Å². The van der Waals surface area contributed by atoms with E-state index in [1.807, 2.05) is 29.2 Å². The van der Waals surface area contributed by atoms with Gasteiger partial charge in [0, 0.05) is 24.5 Å². The Labute approximate surface area is 159 Å². The smallest absolute Gasteiger partial charge is 0.227 e. The molecule has 1 aliphatic rings. The minimum absolute atomic E-state index is 0.108. The second-order valence-electron chi connectivity index (χ2n) is 7.17. The van der Waals surface area contributed by atoms with Crippen LogP contribution in [0.4, 0.5) is 4.39 Å². The van der Waals surface area contributed by atoms with Crippen LogP contribution in [0.2, 0.25) is 0 Å². The molecular formula is C23H23FN2O. The Morgan fingerprint density at radius 1 is 0.963 bits per heavy atom. The Bertz CT molecular complexity index is 898. The minimum atomic E-state index is -0.274. The average molecular weight is 362 g/mol. The number of rotatable bonds is 7. The van der Waals surface area contributed by atoms with Crippen LogP contribution in [0.15, 0.2) is 72.9 Å². The van der Waals surface area contributed by atoms with Crippen molar-refractivity contribution in [3.05, 3.63) is 95.6 Å². The molecule has 1 heterocycles. The first kappa shape index (κ1) is 17.5. The molecule has 1 amide bonds. The monoisotopic (exact) mass is 362 g/mol. The molecule has 0 unspecified atom stereocenters. The van der Waals surface area contributed by atoms with Gasteiger partial charge in [-0.05, 0) is 48.2 Å². The molecule has 1 fully saturated rings. The van der Waals surface area contributed by atoms with E-state index in [4.69, 9.17) is 0 Å². The van der Waals surface area contributed by atoms with Crippen molar-refractivity contribution in [3.63, 3.8) is 0 Å². The van der Waals surface area contributed by atoms with Crippen molar-refractivity contribution in [1.29, 1.82) is 0 Å². The van der Waals surface area contributed by atoms with Crippen LogP contribution < -0.4 is 0 Å². The predicted octanol–water partition coefficient (Wildman–Crippen LogP) is 4.41. The highest BCUT2D eigenvalue weighted by molar-refractivity contribution is 5.79. The van der Waals surface area contributed by atoms with E-state index in [0.717, 1.165) is 30.6 Å². The third-order valence-electron chi connectivity index (χ3n) is 5.03. The summed E-state index contributed by atoms with van der Waals surface area (Å²) in [4.78, 5) is 14.9. The maximum atomic E-state index is 13.1. The molecule has 0 spiro atoms. The van der Waals surface area contributed by atoms with Gasteiger partial charge in [0.2, 0.25) is 5.91 Å². The number of halogens is 1. The lowest BCUT2D eigenvalue weighted by Crippen LogP contribution is -2.34. The lowest BCUT2D eigenvalue weighted by Gasteiger charge is -2.23. The highest BCUT2D eigenvalue weighted by Crippen LogP contribution is 2.29. The summed E-state index contributed by atoms with van der Waals surface area (Å²) >= 11 is 0. The second-order valence-corrected chi connectivity index (χ2v) is 7.17. The third-order valence-corrected chi connectivity index (χ3v) is 5.03. The summed E-state index contributed by atoms with van der Waals surface area (Å²) in [5.41, 5.74) is 3.23. The van der Waals surface area contributed by atoms with E-state index in [0.29, 0.717) is 19.0 Å². The van der Waals surface area contributed by atoms with Crippen LogP contribution in [-0.2, 0) is 24.3 Å². The van der Waals surface area contributed by atoms with Crippen molar-refractivity contribution < 1.29 is 9.18 Å². The third kappa shape index (κ3) is 4.45. The number of aromatic nitrogens is 1. The first-order chi connectivity index (χ1) is 13.2. The molecule has 1 aliphatic carbocycles. The summed E-state index contributed by atoms with van der Waals surface area (Å²) in [6.07, 6.45) is 4.51. The average Bonchev–Trinajstić information content (AvgIpc) is 3.43. The van der Waals surface area contributed by atoms with Crippen LogP contribution in [0, 0.1) is 5.82 Å². The molecular weight excluding hydrogens is 339 g/mol. The van der Waals surface area contributed by atoms with Gasteiger partial charge in [-0.25, -0.2) is 4.39 Å². The number of benzene rings is 2. The van der Waals surface area contributed by atoms with Crippen molar-refractivity contribution in [1.82, 2.24) is 9.47 Å². The molecule has 0 bridgehead atoms. The molecule has 3 aromatic rings. The van der Waals surface area contributed by atoms with E-state index >= 15 is 0 Å². The Morgan fingerprint density at radius 2 is 1.70 bits per heavy atom. The number of nitrogens with zero attached hydrogens (tertiary/aromatic N) is 2. The SMILES string of the molecule is O=C(Cc1ccc(F)cc1)N(Cc1cccn1Cc1ccccc1)C1CC1. The Morgan fingerprint density at radius 3 is 2.41 bits per heavy atom. The zero-order valence-electron chi connectivity index (χ0n) is 15.2. The summed E-state index contributed by atoms with van der Waals surface area (Å²) in [7, 11) is 0. The highest BCUT2D eigenvalue weighted by Gasteiger charge is 2.32. The lowest BCUT2D eigenvalue weighted by molar-refractivity contribution is -0.131. The van der Waals surface area contributed by atoms with Crippen molar-refractivity contribution in [2.75, 3.05) is 0 Å². The molecule has 27 heavy (non-hydrogen) atoms. The highest BCUT2D eigenvalue weighted by atomic mass is 19.1. The minimum Gasteiger partial charge on any atom is -0.345 e. The second kappa shape index (κ2) is 7.78. The topological polar surface area (TPSA) is 25.2 Å². The molecule has 2 aromatic carbocycles. The molecule has 0 radical (unpaired) electrons. The normalized spacial score (nSPS) is 13.5. The van der Waals surface area contributed by atoms with E-state index in [9.17, 15) is 9.18 Å².